The van der Waals surface area contributed by atoms with Crippen molar-refractivity contribution in [3.05, 3.63) is 23.8 Å². The van der Waals surface area contributed by atoms with Crippen LogP contribution in [0.4, 0.5) is 0 Å². The highest BCUT2D eigenvalue weighted by Gasteiger charge is 2.30. The van der Waals surface area contributed by atoms with Gasteiger partial charge in [-0.05, 0) is 63.6 Å². The Labute approximate surface area is 117 Å². The first-order valence-electron chi connectivity index (χ1n) is 6.91. The lowest BCUT2D eigenvalue weighted by atomic mass is 9.75. The number of nitrogens with zero attached hydrogens (tertiary/aromatic N) is 1. The lowest BCUT2D eigenvalue weighted by Crippen LogP contribution is -2.29. The van der Waals surface area contributed by atoms with Crippen LogP contribution in [0, 0.1) is 11.8 Å². The fourth-order valence-electron chi connectivity index (χ4n) is 2.48. The van der Waals surface area contributed by atoms with Gasteiger partial charge in [0.15, 0.2) is 0 Å². The molecule has 0 radical (unpaired) electrons. The van der Waals surface area contributed by atoms with Gasteiger partial charge >= 0.3 is 0 Å². The van der Waals surface area contributed by atoms with Crippen molar-refractivity contribution in [3.8, 4) is 0 Å². The average Bonchev–Trinajstić information content (AvgIpc) is 2.29. The second kappa shape index (κ2) is 7.01. The molecule has 0 saturated heterocycles. The molecule has 0 aromatic heterocycles. The fraction of sp³-hybridized carbons (Fsp3) is 0.688. The highest BCUT2D eigenvalue weighted by Crippen LogP contribution is 2.37. The van der Waals surface area contributed by atoms with Crippen LogP contribution in [0.15, 0.2) is 28.8 Å². The van der Waals surface area contributed by atoms with Gasteiger partial charge in [0.2, 0.25) is 0 Å². The van der Waals surface area contributed by atoms with Crippen LogP contribution in [-0.2, 0) is 0 Å². The van der Waals surface area contributed by atoms with Crippen LogP contribution in [0.2, 0.25) is 0 Å². The van der Waals surface area contributed by atoms with Gasteiger partial charge in [-0.1, -0.05) is 37.6 Å². The Balaban J connectivity index is 2.55. The van der Waals surface area contributed by atoms with E-state index < -0.39 is 0 Å². The molecule has 0 aliphatic heterocycles. The van der Waals surface area contributed by atoms with E-state index in [0.29, 0.717) is 5.92 Å². The number of rotatable bonds is 4. The molecular weight excluding hydrogens is 238 g/mol. The third-order valence-electron chi connectivity index (χ3n) is 3.88. The second-order valence-electron chi connectivity index (χ2n) is 6.01. The van der Waals surface area contributed by atoms with E-state index in [0.717, 1.165) is 18.8 Å². The van der Waals surface area contributed by atoms with Crippen LogP contribution in [0.1, 0.15) is 53.4 Å². The van der Waals surface area contributed by atoms with Crippen molar-refractivity contribution in [1.29, 1.82) is 0 Å². The highest BCUT2D eigenvalue weighted by molar-refractivity contribution is 7.78. The van der Waals surface area contributed by atoms with Crippen LogP contribution in [-0.4, -0.2) is 10.7 Å². The summed E-state index contributed by atoms with van der Waals surface area (Å²) in [5, 5.41) is 2.55. The van der Waals surface area contributed by atoms with Crippen molar-refractivity contribution in [2.24, 2.45) is 16.8 Å². The first kappa shape index (κ1) is 15.3. The van der Waals surface area contributed by atoms with Gasteiger partial charge in [0, 0.05) is 0 Å². The van der Waals surface area contributed by atoms with E-state index in [2.05, 4.69) is 56.1 Å². The zero-order valence-electron chi connectivity index (χ0n) is 12.1. The van der Waals surface area contributed by atoms with E-state index in [9.17, 15) is 0 Å². The van der Waals surface area contributed by atoms with Crippen molar-refractivity contribution >= 4 is 17.4 Å². The molecule has 0 heterocycles. The number of aliphatic imine (C=N–C) groups is 1. The van der Waals surface area contributed by atoms with E-state index >= 15 is 0 Å². The van der Waals surface area contributed by atoms with Crippen molar-refractivity contribution in [2.75, 3.05) is 0 Å². The summed E-state index contributed by atoms with van der Waals surface area (Å²) in [4.78, 5) is 4.33. The smallest absolute Gasteiger partial charge is 0.0683 e. The summed E-state index contributed by atoms with van der Waals surface area (Å²) in [6, 6.07) is 0. The topological polar surface area (TPSA) is 12.4 Å². The summed E-state index contributed by atoms with van der Waals surface area (Å²) in [5.41, 5.74) is 1.55. The zero-order valence-corrected chi connectivity index (χ0v) is 12.9. The van der Waals surface area contributed by atoms with Gasteiger partial charge in [0.1, 0.15) is 0 Å². The fourth-order valence-corrected chi connectivity index (χ4v) is 2.70. The maximum Gasteiger partial charge on any atom is 0.0683 e. The Morgan fingerprint density at radius 2 is 2.00 bits per heavy atom. The molecular formula is C16H25NS. The average molecular weight is 263 g/mol. The molecule has 0 aromatic carbocycles. The molecule has 1 aliphatic rings. The third-order valence-corrected chi connectivity index (χ3v) is 3.97. The maximum absolute atomic E-state index is 4.73. The normalized spacial score (nSPS) is 29.6. The first-order valence-corrected chi connectivity index (χ1v) is 7.32. The molecule has 2 heteroatoms. The molecule has 1 nitrogen and oxygen atoms in total. The molecule has 0 N–H and O–H groups in total. The van der Waals surface area contributed by atoms with E-state index in [4.69, 9.17) is 12.2 Å². The van der Waals surface area contributed by atoms with Crippen LogP contribution < -0.4 is 0 Å². The molecule has 0 amide bonds. The largest absolute Gasteiger partial charge is 0.226 e. The number of thiocarbonyl (C=S) groups is 1. The van der Waals surface area contributed by atoms with Crippen LogP contribution >= 0.6 is 12.2 Å². The molecule has 100 valence electrons. The summed E-state index contributed by atoms with van der Waals surface area (Å²) < 4.78 is 0. The van der Waals surface area contributed by atoms with Crippen molar-refractivity contribution in [1.82, 2.24) is 0 Å². The third kappa shape index (κ3) is 4.88. The highest BCUT2D eigenvalue weighted by atomic mass is 32.1. The first-order chi connectivity index (χ1) is 8.47. The molecule has 1 aliphatic carbocycles. The van der Waals surface area contributed by atoms with Crippen LogP contribution in [0.3, 0.4) is 0 Å². The summed E-state index contributed by atoms with van der Waals surface area (Å²) in [6.45, 7) is 8.85. The van der Waals surface area contributed by atoms with Gasteiger partial charge in [0.05, 0.1) is 10.7 Å². The SMILES string of the molecule is C/C(=C/C=C/C(C)C)C1CCC(C)(N=C=S)CC1. The minimum atomic E-state index is 0.0479. The summed E-state index contributed by atoms with van der Waals surface area (Å²) in [7, 11) is 0. The van der Waals surface area contributed by atoms with Crippen LogP contribution in [0.25, 0.3) is 0 Å². The number of hydrogen-bond donors (Lipinski definition) is 0. The van der Waals surface area contributed by atoms with Crippen LogP contribution in [0.5, 0.6) is 0 Å². The zero-order chi connectivity index (χ0) is 13.6. The molecule has 0 aromatic rings. The quantitative estimate of drug-likeness (QED) is 0.386. The summed E-state index contributed by atoms with van der Waals surface area (Å²) >= 11 is 4.73. The molecule has 0 bridgehead atoms. The van der Waals surface area contributed by atoms with Gasteiger partial charge in [-0.2, -0.15) is 0 Å². The van der Waals surface area contributed by atoms with Gasteiger partial charge in [-0.3, -0.25) is 0 Å². The monoisotopic (exact) mass is 263 g/mol. The molecule has 0 spiro atoms. The Kier molecular flexibility index (Phi) is 5.98. The van der Waals surface area contributed by atoms with Gasteiger partial charge < -0.3 is 0 Å². The van der Waals surface area contributed by atoms with Gasteiger partial charge in [-0.15, -0.1) is 0 Å². The van der Waals surface area contributed by atoms with Crippen molar-refractivity contribution in [3.63, 3.8) is 0 Å². The summed E-state index contributed by atoms with van der Waals surface area (Å²) in [6.07, 6.45) is 11.4. The molecule has 1 saturated carbocycles. The molecule has 1 rings (SSSR count). The Morgan fingerprint density at radius 1 is 1.39 bits per heavy atom. The Morgan fingerprint density at radius 3 is 2.50 bits per heavy atom. The molecule has 1 fully saturated rings. The lowest BCUT2D eigenvalue weighted by Gasteiger charge is -2.33. The number of hydrogen-bond acceptors (Lipinski definition) is 2. The van der Waals surface area contributed by atoms with E-state index in [1.165, 1.54) is 18.4 Å². The lowest BCUT2D eigenvalue weighted by molar-refractivity contribution is 0.277. The van der Waals surface area contributed by atoms with Crippen molar-refractivity contribution in [2.45, 2.75) is 58.9 Å². The molecule has 18 heavy (non-hydrogen) atoms. The van der Waals surface area contributed by atoms with Gasteiger partial charge in [-0.25, -0.2) is 4.99 Å². The minimum absolute atomic E-state index is 0.0479. The predicted molar refractivity (Wildman–Crippen MR) is 83.1 cm³/mol. The molecule has 0 atom stereocenters. The van der Waals surface area contributed by atoms with Gasteiger partial charge in [0.25, 0.3) is 0 Å². The minimum Gasteiger partial charge on any atom is -0.226 e. The van der Waals surface area contributed by atoms with E-state index in [1.54, 1.807) is 0 Å². The maximum atomic E-state index is 4.73. The number of isothiocyanates is 1. The summed E-state index contributed by atoms with van der Waals surface area (Å²) in [5.74, 6) is 1.34. The Hall–Kier alpha value is -0.720. The van der Waals surface area contributed by atoms with Crippen molar-refractivity contribution < 1.29 is 0 Å². The number of allylic oxidation sites excluding steroid dienone is 4. The predicted octanol–water partition coefficient (Wildman–Crippen LogP) is 5.20. The van der Waals surface area contributed by atoms with E-state index in [1.807, 2.05) is 0 Å². The second-order valence-corrected chi connectivity index (χ2v) is 6.20. The molecule has 0 unspecified atom stereocenters. The van der Waals surface area contributed by atoms with E-state index in [-0.39, 0.29) is 5.54 Å². The Bertz CT molecular complexity index is 365. The standard InChI is InChI=1S/C16H25NS/c1-13(2)6-5-7-14(3)15-8-10-16(4,11-9-15)17-12-18/h5-7,13,15H,8-11H2,1-4H3/b6-5+,14-7-.